The number of amides is 1. The molecule has 0 saturated carbocycles. The number of pyridine rings is 1. The van der Waals surface area contributed by atoms with Gasteiger partial charge in [-0.05, 0) is 23.8 Å². The zero-order chi connectivity index (χ0) is 15.8. The van der Waals surface area contributed by atoms with Crippen molar-refractivity contribution in [2.45, 2.75) is 12.5 Å². The molecule has 112 valence electrons. The maximum atomic E-state index is 12.0. The summed E-state index contributed by atoms with van der Waals surface area (Å²) in [4.78, 5) is 27.0. The van der Waals surface area contributed by atoms with Crippen LogP contribution in [-0.2, 0) is 9.59 Å². The van der Waals surface area contributed by atoms with Gasteiger partial charge in [0.25, 0.3) is 0 Å². The highest BCUT2D eigenvalue weighted by molar-refractivity contribution is 5.92. The normalized spacial score (nSPS) is 12.0. The van der Waals surface area contributed by atoms with Gasteiger partial charge in [-0.1, -0.05) is 36.4 Å². The van der Waals surface area contributed by atoms with E-state index in [0.717, 1.165) is 5.56 Å². The van der Waals surface area contributed by atoms with E-state index in [1.165, 1.54) is 6.08 Å². The third-order valence-corrected chi connectivity index (χ3v) is 2.99. The molecule has 1 aromatic carbocycles. The van der Waals surface area contributed by atoms with Gasteiger partial charge in [-0.2, -0.15) is 0 Å². The summed E-state index contributed by atoms with van der Waals surface area (Å²) in [6, 6.07) is 13.8. The van der Waals surface area contributed by atoms with E-state index in [-0.39, 0.29) is 12.3 Å². The molecular weight excluding hydrogens is 280 g/mol. The van der Waals surface area contributed by atoms with Crippen LogP contribution in [-0.4, -0.2) is 22.0 Å². The van der Waals surface area contributed by atoms with Crippen molar-refractivity contribution in [1.82, 2.24) is 10.3 Å². The lowest BCUT2D eigenvalue weighted by atomic mass is 10.0. The van der Waals surface area contributed by atoms with Gasteiger partial charge in [-0.25, -0.2) is 0 Å². The van der Waals surface area contributed by atoms with Gasteiger partial charge < -0.3 is 10.4 Å². The maximum absolute atomic E-state index is 12.0. The molecule has 0 aliphatic carbocycles. The second-order valence-electron chi connectivity index (χ2n) is 4.66. The van der Waals surface area contributed by atoms with Crippen LogP contribution >= 0.6 is 0 Å². The Balaban J connectivity index is 2.05. The molecule has 1 atom stereocenters. The minimum absolute atomic E-state index is 0.173. The number of rotatable bonds is 6. The summed E-state index contributed by atoms with van der Waals surface area (Å²) >= 11 is 0. The number of aliphatic carboxylic acids is 1. The van der Waals surface area contributed by atoms with Crippen molar-refractivity contribution in [1.29, 1.82) is 0 Å². The van der Waals surface area contributed by atoms with Crippen LogP contribution < -0.4 is 5.32 Å². The summed E-state index contributed by atoms with van der Waals surface area (Å²) in [7, 11) is 0. The van der Waals surface area contributed by atoms with E-state index in [1.54, 1.807) is 48.7 Å². The molecule has 1 unspecified atom stereocenters. The van der Waals surface area contributed by atoms with Gasteiger partial charge in [0.2, 0.25) is 5.91 Å². The van der Waals surface area contributed by atoms with E-state index in [1.807, 2.05) is 12.1 Å². The number of carboxylic acids is 1. The highest BCUT2D eigenvalue weighted by Gasteiger charge is 2.16. The quantitative estimate of drug-likeness (QED) is 0.802. The zero-order valence-electron chi connectivity index (χ0n) is 11.8. The van der Waals surface area contributed by atoms with Crippen molar-refractivity contribution in [3.05, 3.63) is 72.1 Å². The molecule has 0 radical (unpaired) electrons. The molecule has 1 amide bonds. The molecule has 5 nitrogen and oxygen atoms in total. The SMILES string of the molecule is O=C(O)CC(NC(=O)C=Cc1ccccn1)c1ccccc1. The highest BCUT2D eigenvalue weighted by Crippen LogP contribution is 2.16. The summed E-state index contributed by atoms with van der Waals surface area (Å²) in [6.07, 6.45) is 4.39. The van der Waals surface area contributed by atoms with Crippen molar-refractivity contribution in [3.8, 4) is 0 Å². The summed E-state index contributed by atoms with van der Waals surface area (Å²) < 4.78 is 0. The minimum Gasteiger partial charge on any atom is -0.481 e. The van der Waals surface area contributed by atoms with Crippen molar-refractivity contribution in [2.75, 3.05) is 0 Å². The third kappa shape index (κ3) is 4.86. The Kier molecular flexibility index (Phi) is 5.43. The van der Waals surface area contributed by atoms with Gasteiger partial charge in [-0.15, -0.1) is 0 Å². The number of carboxylic acid groups (broad SMARTS) is 1. The monoisotopic (exact) mass is 296 g/mol. The van der Waals surface area contributed by atoms with Crippen LogP contribution in [0.4, 0.5) is 0 Å². The first-order valence-electron chi connectivity index (χ1n) is 6.81. The van der Waals surface area contributed by atoms with Gasteiger partial charge in [0.1, 0.15) is 0 Å². The lowest BCUT2D eigenvalue weighted by molar-refractivity contribution is -0.137. The van der Waals surface area contributed by atoms with Crippen LogP contribution in [0, 0.1) is 0 Å². The van der Waals surface area contributed by atoms with Crippen molar-refractivity contribution >= 4 is 18.0 Å². The summed E-state index contributed by atoms with van der Waals surface area (Å²) in [5, 5.41) is 11.7. The fraction of sp³-hybridized carbons (Fsp3) is 0.118. The Morgan fingerprint density at radius 1 is 1.14 bits per heavy atom. The second-order valence-corrected chi connectivity index (χ2v) is 4.66. The Hall–Kier alpha value is -2.95. The molecule has 0 aliphatic rings. The van der Waals surface area contributed by atoms with Gasteiger partial charge in [0.05, 0.1) is 18.2 Å². The van der Waals surface area contributed by atoms with Crippen molar-refractivity contribution in [3.63, 3.8) is 0 Å². The molecular formula is C17H16N2O3. The highest BCUT2D eigenvalue weighted by atomic mass is 16.4. The molecule has 0 aliphatic heterocycles. The van der Waals surface area contributed by atoms with Gasteiger partial charge >= 0.3 is 5.97 Å². The molecule has 1 heterocycles. The van der Waals surface area contributed by atoms with Crippen LogP contribution in [0.3, 0.4) is 0 Å². The van der Waals surface area contributed by atoms with Crippen LogP contribution in [0.1, 0.15) is 23.7 Å². The second kappa shape index (κ2) is 7.73. The Morgan fingerprint density at radius 2 is 1.86 bits per heavy atom. The Bertz CT molecular complexity index is 654. The average Bonchev–Trinajstić information content (AvgIpc) is 2.54. The van der Waals surface area contributed by atoms with Crippen LogP contribution in [0.15, 0.2) is 60.8 Å². The maximum Gasteiger partial charge on any atom is 0.305 e. The molecule has 0 spiro atoms. The van der Waals surface area contributed by atoms with Crippen molar-refractivity contribution in [2.24, 2.45) is 0 Å². The summed E-state index contributed by atoms with van der Waals surface area (Å²) in [5.41, 5.74) is 1.41. The number of carbonyl (C=O) groups excluding carboxylic acids is 1. The van der Waals surface area contributed by atoms with E-state index in [9.17, 15) is 9.59 Å². The topological polar surface area (TPSA) is 79.3 Å². The molecule has 2 N–H and O–H groups in total. The zero-order valence-corrected chi connectivity index (χ0v) is 11.8. The van der Waals surface area contributed by atoms with Gasteiger partial charge in [-0.3, -0.25) is 14.6 Å². The molecule has 5 heteroatoms. The number of nitrogens with one attached hydrogen (secondary N) is 1. The molecule has 0 saturated heterocycles. The first-order valence-corrected chi connectivity index (χ1v) is 6.81. The first kappa shape index (κ1) is 15.4. The Labute approximate surface area is 128 Å². The smallest absolute Gasteiger partial charge is 0.305 e. The minimum atomic E-state index is -0.970. The van der Waals surface area contributed by atoms with Crippen LogP contribution in [0.25, 0.3) is 6.08 Å². The molecule has 0 fully saturated rings. The molecule has 1 aromatic heterocycles. The number of carbonyl (C=O) groups is 2. The van der Waals surface area contributed by atoms with Crippen LogP contribution in [0.2, 0.25) is 0 Å². The van der Waals surface area contributed by atoms with Gasteiger partial charge in [0, 0.05) is 12.3 Å². The summed E-state index contributed by atoms with van der Waals surface area (Å²) in [5.74, 6) is -1.33. The fourth-order valence-electron chi connectivity index (χ4n) is 1.97. The van der Waals surface area contributed by atoms with Gasteiger partial charge in [0.15, 0.2) is 0 Å². The van der Waals surface area contributed by atoms with E-state index >= 15 is 0 Å². The van der Waals surface area contributed by atoms with E-state index in [4.69, 9.17) is 5.11 Å². The standard InChI is InChI=1S/C17H16N2O3/c20-16(10-9-14-8-4-5-11-18-14)19-15(12-17(21)22)13-6-2-1-3-7-13/h1-11,15H,12H2,(H,19,20)(H,21,22). The lowest BCUT2D eigenvalue weighted by Crippen LogP contribution is -2.28. The average molecular weight is 296 g/mol. The van der Waals surface area contributed by atoms with Crippen LogP contribution in [0.5, 0.6) is 0 Å². The van der Waals surface area contributed by atoms with E-state index < -0.39 is 12.0 Å². The lowest BCUT2D eigenvalue weighted by Gasteiger charge is -2.16. The third-order valence-electron chi connectivity index (χ3n) is 2.99. The number of benzene rings is 1. The van der Waals surface area contributed by atoms with E-state index in [2.05, 4.69) is 10.3 Å². The summed E-state index contributed by atoms with van der Waals surface area (Å²) in [6.45, 7) is 0. The number of hydrogen-bond acceptors (Lipinski definition) is 3. The number of hydrogen-bond donors (Lipinski definition) is 2. The number of nitrogens with zero attached hydrogens (tertiary/aromatic N) is 1. The number of aromatic nitrogens is 1. The predicted molar refractivity (Wildman–Crippen MR) is 82.8 cm³/mol. The predicted octanol–water partition coefficient (Wildman–Crippen LogP) is 2.43. The molecule has 22 heavy (non-hydrogen) atoms. The fourth-order valence-corrected chi connectivity index (χ4v) is 1.97. The Morgan fingerprint density at radius 3 is 2.50 bits per heavy atom. The molecule has 0 bridgehead atoms. The molecule has 2 aromatic rings. The largest absolute Gasteiger partial charge is 0.481 e. The van der Waals surface area contributed by atoms with E-state index in [0.29, 0.717) is 5.69 Å². The van der Waals surface area contributed by atoms with Crippen molar-refractivity contribution < 1.29 is 14.7 Å². The molecule has 2 rings (SSSR count). The first-order chi connectivity index (χ1) is 10.6.